The van der Waals surface area contributed by atoms with Gasteiger partial charge in [0.1, 0.15) is 12.2 Å². The summed E-state index contributed by atoms with van der Waals surface area (Å²) in [4.78, 5) is 13.3. The second-order valence-corrected chi connectivity index (χ2v) is 8.12. The SMILES string of the molecule is COP(O)(=S)OC[C@@H]1C[C@@H](O[P+](=O)S)[C@H](N=CN)O1. The number of thiol groups is 1. The fraction of sp³-hybridized carbons (Fsp3) is 0.857. The molecule has 1 aliphatic heterocycles. The van der Waals surface area contributed by atoms with Gasteiger partial charge in [0.15, 0.2) is 12.3 Å². The Morgan fingerprint density at radius 2 is 2.47 bits per heavy atom. The van der Waals surface area contributed by atoms with Crippen LogP contribution < -0.4 is 5.73 Å². The summed E-state index contributed by atoms with van der Waals surface area (Å²) in [5.41, 5.74) is 5.19. The fourth-order valence-corrected chi connectivity index (χ4v) is 2.91. The summed E-state index contributed by atoms with van der Waals surface area (Å²) in [5.74, 6) is 0. The van der Waals surface area contributed by atoms with Crippen molar-refractivity contribution in [1.82, 2.24) is 0 Å². The van der Waals surface area contributed by atoms with Crippen LogP contribution in [0.5, 0.6) is 0 Å². The third kappa shape index (κ3) is 6.12. The fourth-order valence-electron chi connectivity index (χ4n) is 1.48. The van der Waals surface area contributed by atoms with E-state index in [4.69, 9.17) is 19.5 Å². The van der Waals surface area contributed by atoms with Crippen LogP contribution in [0.2, 0.25) is 0 Å². The average molecular weight is 349 g/mol. The van der Waals surface area contributed by atoms with Crippen molar-refractivity contribution in [3.63, 3.8) is 0 Å². The monoisotopic (exact) mass is 349 g/mol. The molecule has 1 heterocycles. The summed E-state index contributed by atoms with van der Waals surface area (Å²) in [6.45, 7) is -3.22. The minimum atomic E-state index is -3.23. The van der Waals surface area contributed by atoms with Crippen LogP contribution in [-0.2, 0) is 34.7 Å². The molecular formula is C7H15N2O6P2S2+. The molecule has 3 N–H and O–H groups in total. The highest BCUT2D eigenvalue weighted by molar-refractivity contribution is 8.39. The van der Waals surface area contributed by atoms with Crippen molar-refractivity contribution >= 4 is 44.3 Å². The normalized spacial score (nSPS) is 31.5. The molecule has 0 spiro atoms. The van der Waals surface area contributed by atoms with E-state index in [2.05, 4.69) is 33.6 Å². The van der Waals surface area contributed by atoms with Crippen LogP contribution in [0.4, 0.5) is 0 Å². The summed E-state index contributed by atoms with van der Waals surface area (Å²) >= 11 is 8.36. The second-order valence-electron chi connectivity index (χ2n) is 3.51. The van der Waals surface area contributed by atoms with E-state index >= 15 is 0 Å². The molecule has 0 saturated carbocycles. The zero-order valence-electron chi connectivity index (χ0n) is 9.99. The van der Waals surface area contributed by atoms with Gasteiger partial charge >= 0.3 is 13.9 Å². The highest BCUT2D eigenvalue weighted by Gasteiger charge is 2.41. The van der Waals surface area contributed by atoms with Gasteiger partial charge in [-0.15, -0.1) is 4.52 Å². The van der Waals surface area contributed by atoms with Gasteiger partial charge in [0.05, 0.1) is 19.0 Å². The third-order valence-electron chi connectivity index (χ3n) is 2.26. The van der Waals surface area contributed by atoms with Crippen LogP contribution in [-0.4, -0.2) is 43.4 Å². The minimum Gasteiger partial charge on any atom is -0.390 e. The zero-order valence-corrected chi connectivity index (χ0v) is 13.5. The standard InChI is InChI=1S/C7H14N2O6P2S2/c1-12-17(11,19)13-3-5-2-6(15-16(10)18)7(14-5)9-4-8/h4-7H,2-3H2,1H3,(H3-,8,9,10,11,18,19)/p+1/t5-,6+,7+,17?/m0/s1. The van der Waals surface area contributed by atoms with Crippen molar-refractivity contribution in [2.24, 2.45) is 10.7 Å². The molecule has 8 nitrogen and oxygen atoms in total. The summed E-state index contributed by atoms with van der Waals surface area (Å²) in [5, 5.41) is 0. The van der Waals surface area contributed by atoms with E-state index < -0.39 is 32.4 Å². The van der Waals surface area contributed by atoms with Gasteiger partial charge in [0.25, 0.3) is 0 Å². The van der Waals surface area contributed by atoms with Gasteiger partial charge in [-0.25, -0.2) is 4.99 Å². The molecule has 2 unspecified atom stereocenters. The number of ether oxygens (including phenoxy) is 1. The molecule has 0 aliphatic carbocycles. The lowest BCUT2D eigenvalue weighted by atomic mass is 10.2. The third-order valence-corrected chi connectivity index (χ3v) is 4.69. The summed E-state index contributed by atoms with van der Waals surface area (Å²) in [6, 6.07) is 0. The van der Waals surface area contributed by atoms with Crippen molar-refractivity contribution in [2.45, 2.75) is 24.9 Å². The van der Waals surface area contributed by atoms with Crippen molar-refractivity contribution in [2.75, 3.05) is 13.7 Å². The predicted molar refractivity (Wildman–Crippen MR) is 76.9 cm³/mol. The van der Waals surface area contributed by atoms with Crippen LogP contribution in [0.1, 0.15) is 6.42 Å². The molecular weight excluding hydrogens is 334 g/mol. The van der Waals surface area contributed by atoms with Crippen molar-refractivity contribution < 1.29 is 27.8 Å². The van der Waals surface area contributed by atoms with E-state index in [1.165, 1.54) is 7.11 Å². The quantitative estimate of drug-likeness (QED) is 0.269. The highest BCUT2D eigenvalue weighted by atomic mass is 32.7. The number of nitrogens with two attached hydrogens (primary N) is 1. The Kier molecular flexibility index (Phi) is 7.31. The van der Waals surface area contributed by atoms with Gasteiger partial charge < -0.3 is 24.4 Å². The molecule has 12 heteroatoms. The lowest BCUT2D eigenvalue weighted by molar-refractivity contribution is 0.00326. The number of aliphatic imine (C=N–C) groups is 1. The molecule has 0 amide bonds. The average Bonchev–Trinajstić information content (AvgIpc) is 2.69. The first-order chi connectivity index (χ1) is 8.88. The molecule has 1 fully saturated rings. The topological polar surface area (TPSA) is 113 Å². The maximum atomic E-state index is 11.0. The van der Waals surface area contributed by atoms with E-state index in [9.17, 15) is 9.46 Å². The summed E-state index contributed by atoms with van der Waals surface area (Å²) < 4.78 is 31.2. The van der Waals surface area contributed by atoms with Gasteiger partial charge in [0.2, 0.25) is 0 Å². The second kappa shape index (κ2) is 7.97. The van der Waals surface area contributed by atoms with Crippen LogP contribution in [0.15, 0.2) is 4.99 Å². The predicted octanol–water partition coefficient (Wildman–Crippen LogP) is 0.941. The van der Waals surface area contributed by atoms with Crippen LogP contribution >= 0.6 is 26.2 Å². The maximum absolute atomic E-state index is 11.0. The zero-order chi connectivity index (χ0) is 14.5. The van der Waals surface area contributed by atoms with E-state index in [-0.39, 0.29) is 6.61 Å². The van der Waals surface area contributed by atoms with E-state index in [1.807, 2.05) is 0 Å². The number of hydrogen-bond acceptors (Lipinski definition) is 7. The largest absolute Gasteiger partial charge is 0.582 e. The van der Waals surface area contributed by atoms with Crippen LogP contribution in [0, 0.1) is 0 Å². The molecule has 5 atom stereocenters. The molecule has 1 saturated heterocycles. The van der Waals surface area contributed by atoms with Crippen LogP contribution in [0.3, 0.4) is 0 Å². The van der Waals surface area contributed by atoms with Gasteiger partial charge in [-0.2, -0.15) is 0 Å². The van der Waals surface area contributed by atoms with Gasteiger partial charge in [-0.05, 0) is 16.4 Å². The number of hydrogen-bond donors (Lipinski definition) is 3. The molecule has 1 aliphatic rings. The number of nitrogens with zero attached hydrogens (tertiary/aromatic N) is 1. The van der Waals surface area contributed by atoms with Gasteiger partial charge in [0, 0.05) is 13.5 Å². The molecule has 0 aromatic rings. The summed E-state index contributed by atoms with van der Waals surface area (Å²) in [7, 11) is -0.822. The maximum Gasteiger partial charge on any atom is 0.582 e. The Morgan fingerprint density at radius 1 is 1.79 bits per heavy atom. The lowest BCUT2D eigenvalue weighted by Crippen LogP contribution is -2.20. The molecule has 0 aromatic heterocycles. The van der Waals surface area contributed by atoms with E-state index in [0.29, 0.717) is 6.42 Å². The Morgan fingerprint density at radius 3 is 3.00 bits per heavy atom. The lowest BCUT2D eigenvalue weighted by Gasteiger charge is -2.15. The molecule has 1 rings (SSSR count). The smallest absolute Gasteiger partial charge is 0.390 e. The van der Waals surface area contributed by atoms with Crippen LogP contribution in [0.25, 0.3) is 0 Å². The van der Waals surface area contributed by atoms with Crippen molar-refractivity contribution in [3.05, 3.63) is 0 Å². The number of rotatable bonds is 7. The Bertz CT molecular complexity index is 398. The molecule has 0 bridgehead atoms. The first kappa shape index (κ1) is 17.4. The van der Waals surface area contributed by atoms with E-state index in [1.54, 1.807) is 0 Å². The summed E-state index contributed by atoms with van der Waals surface area (Å²) in [6.07, 6.45) is -0.228. The van der Waals surface area contributed by atoms with Gasteiger partial charge in [-0.1, -0.05) is 0 Å². The first-order valence-corrected chi connectivity index (χ1v) is 10.0. The van der Waals surface area contributed by atoms with E-state index in [0.717, 1.165) is 6.34 Å². The van der Waals surface area contributed by atoms with Crippen molar-refractivity contribution in [1.29, 1.82) is 0 Å². The van der Waals surface area contributed by atoms with Gasteiger partial charge in [-0.3, -0.25) is 0 Å². The molecule has 0 radical (unpaired) electrons. The Balaban J connectivity index is 2.55. The molecule has 0 aromatic carbocycles. The Labute approximate surface area is 121 Å². The Hall–Kier alpha value is 0.370. The molecule has 19 heavy (non-hydrogen) atoms. The first-order valence-electron chi connectivity index (χ1n) is 5.12. The highest BCUT2D eigenvalue weighted by Crippen LogP contribution is 2.43. The minimum absolute atomic E-state index is 0.0153. The van der Waals surface area contributed by atoms with Crippen molar-refractivity contribution in [3.8, 4) is 0 Å². The molecule has 110 valence electrons.